The SMILES string of the molecule is N#Cc1cc(Cl)cc(Oc2c(Cl)ccc(CNC(=O)c3[nH]cnc3C#N)c2F)c1. The number of nitrogens with one attached hydrogen (secondary N) is 2. The van der Waals surface area contributed by atoms with Crippen molar-refractivity contribution in [3.8, 4) is 23.6 Å². The average Bonchev–Trinajstić information content (AvgIpc) is 3.19. The Morgan fingerprint density at radius 2 is 2.03 bits per heavy atom. The van der Waals surface area contributed by atoms with Gasteiger partial charge in [0.1, 0.15) is 17.5 Å². The van der Waals surface area contributed by atoms with E-state index in [2.05, 4.69) is 15.3 Å². The van der Waals surface area contributed by atoms with Crippen LogP contribution in [0.15, 0.2) is 36.7 Å². The fourth-order valence-electron chi connectivity index (χ4n) is 2.42. The van der Waals surface area contributed by atoms with Crippen LogP contribution in [0.4, 0.5) is 4.39 Å². The van der Waals surface area contributed by atoms with Crippen LogP contribution >= 0.6 is 23.2 Å². The second kappa shape index (κ2) is 8.61. The van der Waals surface area contributed by atoms with Gasteiger partial charge in [-0.2, -0.15) is 10.5 Å². The Kier molecular flexibility index (Phi) is 5.99. The zero-order chi connectivity index (χ0) is 21.0. The first-order valence-corrected chi connectivity index (χ1v) is 8.75. The third kappa shape index (κ3) is 4.46. The number of hydrogen-bond acceptors (Lipinski definition) is 5. The minimum atomic E-state index is -0.790. The monoisotopic (exact) mass is 429 g/mol. The fourth-order valence-corrected chi connectivity index (χ4v) is 2.83. The maximum absolute atomic E-state index is 14.9. The van der Waals surface area contributed by atoms with E-state index in [0.717, 1.165) is 0 Å². The number of aromatic nitrogens is 2. The summed E-state index contributed by atoms with van der Waals surface area (Å²) >= 11 is 12.0. The van der Waals surface area contributed by atoms with Crippen LogP contribution in [0.5, 0.6) is 11.5 Å². The highest BCUT2D eigenvalue weighted by atomic mass is 35.5. The van der Waals surface area contributed by atoms with E-state index < -0.39 is 11.7 Å². The fraction of sp³-hybridized carbons (Fsp3) is 0.0526. The van der Waals surface area contributed by atoms with Crippen molar-refractivity contribution in [2.75, 3.05) is 0 Å². The number of rotatable bonds is 5. The summed E-state index contributed by atoms with van der Waals surface area (Å²) in [6.45, 7) is -0.193. The first kappa shape index (κ1) is 20.2. The molecule has 0 fully saturated rings. The van der Waals surface area contributed by atoms with E-state index in [9.17, 15) is 9.18 Å². The number of carbonyl (C=O) groups excluding carboxylic acids is 1. The Bertz CT molecular complexity index is 1180. The van der Waals surface area contributed by atoms with Crippen LogP contribution < -0.4 is 10.1 Å². The molecule has 10 heteroatoms. The molecular formula is C19H10Cl2FN5O2. The van der Waals surface area contributed by atoms with Gasteiger partial charge in [0.15, 0.2) is 17.3 Å². The van der Waals surface area contributed by atoms with Gasteiger partial charge in [-0.1, -0.05) is 29.3 Å². The molecule has 144 valence electrons. The highest BCUT2D eigenvalue weighted by Gasteiger charge is 2.18. The van der Waals surface area contributed by atoms with Crippen LogP contribution in [0, 0.1) is 28.5 Å². The number of halogens is 3. The smallest absolute Gasteiger partial charge is 0.271 e. The van der Waals surface area contributed by atoms with Gasteiger partial charge in [-0.25, -0.2) is 9.37 Å². The van der Waals surface area contributed by atoms with Gasteiger partial charge in [-0.3, -0.25) is 4.79 Å². The lowest BCUT2D eigenvalue weighted by molar-refractivity contribution is 0.0945. The van der Waals surface area contributed by atoms with Crippen molar-refractivity contribution in [1.29, 1.82) is 10.5 Å². The van der Waals surface area contributed by atoms with E-state index in [0.29, 0.717) is 0 Å². The first-order valence-electron chi connectivity index (χ1n) is 8.00. The molecule has 0 aliphatic carbocycles. The second-order valence-electron chi connectivity index (χ2n) is 5.66. The summed E-state index contributed by atoms with van der Waals surface area (Å²) in [4.78, 5) is 18.4. The number of ether oxygens (including phenoxy) is 1. The molecule has 0 spiro atoms. The van der Waals surface area contributed by atoms with Gasteiger partial charge in [0, 0.05) is 17.1 Å². The predicted octanol–water partition coefficient (Wildman–Crippen LogP) is 4.32. The Labute approximate surface area is 174 Å². The third-order valence-electron chi connectivity index (χ3n) is 3.76. The summed E-state index contributed by atoms with van der Waals surface area (Å²) in [5, 5.41) is 20.7. The molecule has 0 bridgehead atoms. The van der Waals surface area contributed by atoms with E-state index in [4.69, 9.17) is 38.5 Å². The zero-order valence-electron chi connectivity index (χ0n) is 14.5. The second-order valence-corrected chi connectivity index (χ2v) is 6.50. The largest absolute Gasteiger partial charge is 0.453 e. The van der Waals surface area contributed by atoms with E-state index in [1.807, 2.05) is 6.07 Å². The molecule has 3 rings (SSSR count). The quantitative estimate of drug-likeness (QED) is 0.626. The Morgan fingerprint density at radius 1 is 1.24 bits per heavy atom. The molecule has 2 N–H and O–H groups in total. The molecule has 7 nitrogen and oxygen atoms in total. The van der Waals surface area contributed by atoms with E-state index in [1.165, 1.54) is 36.7 Å². The van der Waals surface area contributed by atoms with Crippen LogP contribution in [0.2, 0.25) is 10.0 Å². The molecule has 2 aromatic carbocycles. The molecule has 0 atom stereocenters. The molecule has 0 aliphatic rings. The van der Waals surface area contributed by atoms with Crippen molar-refractivity contribution < 1.29 is 13.9 Å². The minimum Gasteiger partial charge on any atom is -0.453 e. The number of amides is 1. The van der Waals surface area contributed by atoms with E-state index >= 15 is 0 Å². The van der Waals surface area contributed by atoms with Crippen molar-refractivity contribution in [1.82, 2.24) is 15.3 Å². The molecule has 0 saturated carbocycles. The molecule has 1 amide bonds. The lowest BCUT2D eigenvalue weighted by Gasteiger charge is -2.13. The minimum absolute atomic E-state index is 0.00334. The number of benzene rings is 2. The normalized spacial score (nSPS) is 10.1. The van der Waals surface area contributed by atoms with Gasteiger partial charge in [0.05, 0.1) is 23.0 Å². The number of aromatic amines is 1. The van der Waals surface area contributed by atoms with Crippen LogP contribution in [0.25, 0.3) is 0 Å². The lowest BCUT2D eigenvalue weighted by Crippen LogP contribution is -2.24. The van der Waals surface area contributed by atoms with Crippen LogP contribution in [-0.2, 0) is 6.54 Å². The Morgan fingerprint density at radius 3 is 2.76 bits per heavy atom. The van der Waals surface area contributed by atoms with Gasteiger partial charge < -0.3 is 15.0 Å². The molecular weight excluding hydrogens is 420 g/mol. The van der Waals surface area contributed by atoms with Gasteiger partial charge in [0.25, 0.3) is 5.91 Å². The Hall–Kier alpha value is -3.59. The van der Waals surface area contributed by atoms with Crippen LogP contribution in [-0.4, -0.2) is 15.9 Å². The molecule has 0 unspecified atom stereocenters. The molecule has 3 aromatic rings. The van der Waals surface area contributed by atoms with Crippen LogP contribution in [0.3, 0.4) is 0 Å². The topological polar surface area (TPSA) is 115 Å². The summed E-state index contributed by atoms with van der Waals surface area (Å²) in [5.41, 5.74) is 0.234. The maximum atomic E-state index is 14.9. The zero-order valence-corrected chi connectivity index (χ0v) is 16.0. The number of carbonyl (C=O) groups is 1. The highest BCUT2D eigenvalue weighted by molar-refractivity contribution is 6.32. The Balaban J connectivity index is 1.82. The van der Waals surface area contributed by atoms with E-state index in [-0.39, 0.29) is 50.6 Å². The number of hydrogen-bond donors (Lipinski definition) is 2. The number of nitrogens with zero attached hydrogens (tertiary/aromatic N) is 3. The van der Waals surface area contributed by atoms with Gasteiger partial charge >= 0.3 is 0 Å². The molecule has 1 aromatic heterocycles. The average molecular weight is 430 g/mol. The number of imidazole rings is 1. The van der Waals surface area contributed by atoms with Crippen molar-refractivity contribution in [2.45, 2.75) is 6.54 Å². The molecule has 1 heterocycles. The predicted molar refractivity (Wildman–Crippen MR) is 102 cm³/mol. The summed E-state index contributed by atoms with van der Waals surface area (Å²) in [7, 11) is 0. The molecule has 0 saturated heterocycles. The summed E-state index contributed by atoms with van der Waals surface area (Å²) in [6.07, 6.45) is 1.21. The molecule has 0 aliphatic heterocycles. The van der Waals surface area contributed by atoms with Crippen LogP contribution in [0.1, 0.15) is 27.3 Å². The maximum Gasteiger partial charge on any atom is 0.271 e. The van der Waals surface area contributed by atoms with Gasteiger partial charge in [-0.15, -0.1) is 0 Å². The highest BCUT2D eigenvalue weighted by Crippen LogP contribution is 2.35. The summed E-state index contributed by atoms with van der Waals surface area (Å²) in [5.74, 6) is -1.55. The van der Waals surface area contributed by atoms with Crippen molar-refractivity contribution in [3.63, 3.8) is 0 Å². The van der Waals surface area contributed by atoms with Crippen molar-refractivity contribution >= 4 is 29.1 Å². The molecule has 29 heavy (non-hydrogen) atoms. The molecule has 0 radical (unpaired) electrons. The van der Waals surface area contributed by atoms with Gasteiger partial charge in [-0.05, 0) is 24.3 Å². The number of H-pyrrole nitrogens is 1. The van der Waals surface area contributed by atoms with Gasteiger partial charge in [0.2, 0.25) is 0 Å². The first-order chi connectivity index (χ1) is 13.9. The summed E-state index contributed by atoms with van der Waals surface area (Å²) < 4.78 is 20.4. The third-order valence-corrected chi connectivity index (χ3v) is 4.28. The standard InChI is InChI=1S/C19H10Cl2FN5O2/c20-12-3-10(6-23)4-13(5-12)29-18-14(21)2-1-11(16(18)22)8-25-19(28)17-15(7-24)26-9-27-17/h1-5,9H,8H2,(H,25,28)(H,26,27). The van der Waals surface area contributed by atoms with Crippen molar-refractivity contribution in [3.05, 3.63) is 75.0 Å². The number of nitriles is 2. The lowest BCUT2D eigenvalue weighted by atomic mass is 10.2. The summed E-state index contributed by atoms with van der Waals surface area (Å²) in [6, 6.07) is 10.7. The van der Waals surface area contributed by atoms with E-state index in [1.54, 1.807) is 6.07 Å². The van der Waals surface area contributed by atoms with Crippen molar-refractivity contribution in [2.24, 2.45) is 0 Å².